The van der Waals surface area contributed by atoms with Gasteiger partial charge in [0.15, 0.2) is 5.84 Å². The van der Waals surface area contributed by atoms with Crippen LogP contribution in [-0.2, 0) is 0 Å². The molecule has 0 aliphatic carbocycles. The fourth-order valence-electron chi connectivity index (χ4n) is 1.87. The van der Waals surface area contributed by atoms with Gasteiger partial charge in [-0.2, -0.15) is 5.10 Å². The third-order valence-corrected chi connectivity index (χ3v) is 3.01. The first kappa shape index (κ1) is 14.6. The zero-order valence-corrected chi connectivity index (χ0v) is 12.1. The van der Waals surface area contributed by atoms with Crippen molar-refractivity contribution in [2.24, 2.45) is 10.3 Å². The molecular weight excluding hydrogens is 264 g/mol. The van der Waals surface area contributed by atoms with E-state index in [9.17, 15) is 5.21 Å². The van der Waals surface area contributed by atoms with Crippen LogP contribution < -0.4 is 10.3 Å². The molecule has 0 aliphatic rings. The molecule has 0 saturated carbocycles. The molecule has 0 saturated heterocycles. The van der Waals surface area contributed by atoms with Crippen molar-refractivity contribution in [2.75, 3.05) is 17.4 Å². The van der Waals surface area contributed by atoms with E-state index in [0.29, 0.717) is 11.5 Å². The van der Waals surface area contributed by atoms with E-state index < -0.39 is 0 Å². The molecule has 0 atom stereocenters. The van der Waals surface area contributed by atoms with E-state index in [1.54, 1.807) is 11.8 Å². The number of nitrogens with one attached hydrogen (secondary N) is 1. The smallest absolute Gasteiger partial charge is 0.195 e. The summed E-state index contributed by atoms with van der Waals surface area (Å²) in [5, 5.41) is 16.9. The predicted molar refractivity (Wildman–Crippen MR) is 87.2 cm³/mol. The molecule has 0 amide bonds. The number of nitrogens with zero attached hydrogens (tertiary/aromatic N) is 3. The first-order valence-electron chi connectivity index (χ1n) is 6.59. The Morgan fingerprint density at radius 2 is 1.57 bits per heavy atom. The van der Waals surface area contributed by atoms with Crippen molar-refractivity contribution in [3.63, 3.8) is 0 Å². The van der Waals surface area contributed by atoms with Gasteiger partial charge in [0.2, 0.25) is 0 Å². The summed E-state index contributed by atoms with van der Waals surface area (Å²) in [6.07, 6.45) is 0. The molecule has 0 spiro atoms. The maximum atomic E-state index is 9.26. The van der Waals surface area contributed by atoms with Gasteiger partial charge in [0.05, 0.1) is 5.69 Å². The van der Waals surface area contributed by atoms with Crippen LogP contribution in [0.3, 0.4) is 0 Å². The highest BCUT2D eigenvalue weighted by atomic mass is 16.4. The van der Waals surface area contributed by atoms with Crippen LogP contribution in [0.1, 0.15) is 6.92 Å². The monoisotopic (exact) mass is 282 g/mol. The zero-order valence-electron chi connectivity index (χ0n) is 12.1. The van der Waals surface area contributed by atoms with E-state index in [2.05, 4.69) is 15.7 Å². The summed E-state index contributed by atoms with van der Waals surface area (Å²) in [7, 11) is 1.83. The van der Waals surface area contributed by atoms with Gasteiger partial charge < -0.3 is 10.1 Å². The van der Waals surface area contributed by atoms with E-state index in [-0.39, 0.29) is 0 Å². The summed E-state index contributed by atoms with van der Waals surface area (Å²) in [5.74, 6) is 0.379. The number of hydrogen-bond donors (Lipinski definition) is 2. The number of para-hydroxylation sites is 2. The number of amidine groups is 1. The Bertz CT molecular complexity index is 623. The largest absolute Gasteiger partial charge is 0.409 e. The fourth-order valence-corrected chi connectivity index (χ4v) is 1.87. The number of oxime groups is 1. The fraction of sp³-hybridized carbons (Fsp3) is 0.125. The summed E-state index contributed by atoms with van der Waals surface area (Å²) >= 11 is 0. The second-order valence-corrected chi connectivity index (χ2v) is 4.49. The summed E-state index contributed by atoms with van der Waals surface area (Å²) < 4.78 is 0. The van der Waals surface area contributed by atoms with Crippen LogP contribution in [0.5, 0.6) is 0 Å². The van der Waals surface area contributed by atoms with Crippen molar-refractivity contribution in [1.82, 2.24) is 0 Å². The van der Waals surface area contributed by atoms with Crippen LogP contribution >= 0.6 is 0 Å². The summed E-state index contributed by atoms with van der Waals surface area (Å²) in [5.41, 5.74) is 5.30. The highest BCUT2D eigenvalue weighted by Crippen LogP contribution is 2.12. The molecule has 2 aromatic rings. The van der Waals surface area contributed by atoms with Gasteiger partial charge in [-0.05, 0) is 31.2 Å². The van der Waals surface area contributed by atoms with Crippen LogP contribution in [0.4, 0.5) is 11.4 Å². The van der Waals surface area contributed by atoms with Crippen molar-refractivity contribution in [3.05, 3.63) is 60.7 Å². The van der Waals surface area contributed by atoms with Crippen molar-refractivity contribution >= 4 is 22.9 Å². The van der Waals surface area contributed by atoms with Gasteiger partial charge in [0.25, 0.3) is 0 Å². The van der Waals surface area contributed by atoms with Gasteiger partial charge in [-0.15, -0.1) is 0 Å². The first-order chi connectivity index (χ1) is 10.2. The lowest BCUT2D eigenvalue weighted by molar-refractivity contribution is 0.319. The van der Waals surface area contributed by atoms with E-state index >= 15 is 0 Å². The minimum Gasteiger partial charge on any atom is -0.409 e. The molecule has 5 nitrogen and oxygen atoms in total. The van der Waals surface area contributed by atoms with Crippen molar-refractivity contribution in [1.29, 1.82) is 0 Å². The zero-order chi connectivity index (χ0) is 15.1. The standard InChI is InChI=1S/C16H18N4O/c1-13(17-18-14-9-5-3-6-10-14)16(19-21)20(2)15-11-7-4-8-12-15/h3-12,18,21H,1-2H3. The van der Waals surface area contributed by atoms with Crippen molar-refractivity contribution in [2.45, 2.75) is 6.92 Å². The summed E-state index contributed by atoms with van der Waals surface area (Å²) in [6, 6.07) is 19.3. The average Bonchev–Trinajstić information content (AvgIpc) is 2.55. The lowest BCUT2D eigenvalue weighted by atomic mass is 10.2. The van der Waals surface area contributed by atoms with Crippen LogP contribution in [0.2, 0.25) is 0 Å². The quantitative estimate of drug-likeness (QED) is 0.391. The Balaban J connectivity index is 2.14. The number of hydrogen-bond acceptors (Lipinski definition) is 4. The first-order valence-corrected chi connectivity index (χ1v) is 6.59. The van der Waals surface area contributed by atoms with Gasteiger partial charge in [-0.25, -0.2) is 0 Å². The molecule has 21 heavy (non-hydrogen) atoms. The molecule has 0 bridgehead atoms. The molecule has 0 fully saturated rings. The van der Waals surface area contributed by atoms with E-state index in [1.165, 1.54) is 0 Å². The number of rotatable bonds is 4. The van der Waals surface area contributed by atoms with Crippen LogP contribution in [0, 0.1) is 0 Å². The van der Waals surface area contributed by atoms with Gasteiger partial charge in [-0.1, -0.05) is 41.6 Å². The molecule has 0 unspecified atom stereocenters. The summed E-state index contributed by atoms with van der Waals surface area (Å²) in [4.78, 5) is 1.77. The number of anilines is 2. The van der Waals surface area contributed by atoms with Crippen LogP contribution in [-0.4, -0.2) is 23.8 Å². The Kier molecular flexibility index (Phi) is 4.93. The highest BCUT2D eigenvalue weighted by molar-refractivity contribution is 6.45. The summed E-state index contributed by atoms with van der Waals surface area (Å²) in [6.45, 7) is 1.78. The molecule has 2 N–H and O–H groups in total. The lowest BCUT2D eigenvalue weighted by Crippen LogP contribution is -2.32. The maximum absolute atomic E-state index is 9.26. The lowest BCUT2D eigenvalue weighted by Gasteiger charge is -2.19. The van der Waals surface area contributed by atoms with E-state index in [1.807, 2.05) is 67.7 Å². The topological polar surface area (TPSA) is 60.2 Å². The maximum Gasteiger partial charge on any atom is 0.195 e. The van der Waals surface area contributed by atoms with Gasteiger partial charge in [0.1, 0.15) is 5.71 Å². The molecule has 5 heteroatoms. The second kappa shape index (κ2) is 7.09. The SMILES string of the molecule is CC(=NNc1ccccc1)C(=NO)N(C)c1ccccc1. The molecule has 2 rings (SSSR count). The Morgan fingerprint density at radius 1 is 1.00 bits per heavy atom. The minimum absolute atomic E-state index is 0.379. The van der Waals surface area contributed by atoms with E-state index in [0.717, 1.165) is 11.4 Å². The van der Waals surface area contributed by atoms with Crippen molar-refractivity contribution in [3.8, 4) is 0 Å². The van der Waals surface area contributed by atoms with Gasteiger partial charge in [0, 0.05) is 12.7 Å². The normalized spacial score (nSPS) is 12.1. The second-order valence-electron chi connectivity index (χ2n) is 4.49. The third kappa shape index (κ3) is 3.82. The molecule has 0 aromatic heterocycles. The molecule has 108 valence electrons. The van der Waals surface area contributed by atoms with Gasteiger partial charge >= 0.3 is 0 Å². The predicted octanol–water partition coefficient (Wildman–Crippen LogP) is 3.40. The Morgan fingerprint density at radius 3 is 2.14 bits per heavy atom. The minimum atomic E-state index is 0.379. The molecule has 0 heterocycles. The highest BCUT2D eigenvalue weighted by Gasteiger charge is 2.12. The molecule has 2 aromatic carbocycles. The Labute approximate surface area is 124 Å². The van der Waals surface area contributed by atoms with Crippen LogP contribution in [0.15, 0.2) is 70.9 Å². The average molecular weight is 282 g/mol. The van der Waals surface area contributed by atoms with E-state index in [4.69, 9.17) is 0 Å². The molecule has 0 radical (unpaired) electrons. The van der Waals surface area contributed by atoms with Crippen LogP contribution in [0.25, 0.3) is 0 Å². The molecular formula is C16H18N4O. The Hall–Kier alpha value is -2.82. The third-order valence-electron chi connectivity index (χ3n) is 3.01. The molecule has 0 aliphatic heterocycles. The number of benzene rings is 2. The van der Waals surface area contributed by atoms with Crippen molar-refractivity contribution < 1.29 is 5.21 Å². The number of hydrazone groups is 1. The van der Waals surface area contributed by atoms with Gasteiger partial charge in [-0.3, -0.25) is 5.43 Å².